The Morgan fingerprint density at radius 3 is 2.67 bits per heavy atom. The average Bonchev–Trinajstić information content (AvgIpc) is 2.37. The van der Waals surface area contributed by atoms with Crippen LogP contribution in [-0.2, 0) is 16.1 Å². The van der Waals surface area contributed by atoms with Gasteiger partial charge in [-0.1, -0.05) is 13.8 Å². The highest BCUT2D eigenvalue weighted by atomic mass is 16.5. The van der Waals surface area contributed by atoms with Gasteiger partial charge in [0, 0.05) is 6.20 Å². The molecule has 18 heavy (non-hydrogen) atoms. The second-order valence-corrected chi connectivity index (χ2v) is 3.87. The minimum atomic E-state index is -0.411. The van der Waals surface area contributed by atoms with Gasteiger partial charge in [-0.3, -0.25) is 9.59 Å². The van der Waals surface area contributed by atoms with Crippen LogP contribution >= 0.6 is 0 Å². The topological polar surface area (TPSA) is 57.5 Å². The maximum atomic E-state index is 11.9. The Bertz CT molecular complexity index is 439. The molecule has 0 radical (unpaired) electrons. The molecule has 0 atom stereocenters. The van der Waals surface area contributed by atoms with Crippen molar-refractivity contribution in [3.8, 4) is 5.75 Å². The third-order valence-corrected chi connectivity index (χ3v) is 2.21. The maximum absolute atomic E-state index is 11.9. The van der Waals surface area contributed by atoms with Crippen LogP contribution in [0.5, 0.6) is 5.75 Å². The Hall–Kier alpha value is -1.78. The van der Waals surface area contributed by atoms with Gasteiger partial charge >= 0.3 is 5.97 Å². The number of rotatable bonds is 7. The number of carbonyl (C=O) groups is 1. The van der Waals surface area contributed by atoms with Crippen LogP contribution in [0.1, 0.15) is 26.7 Å². The summed E-state index contributed by atoms with van der Waals surface area (Å²) in [5.41, 5.74) is -0.306. The summed E-state index contributed by atoms with van der Waals surface area (Å²) in [7, 11) is 0. The van der Waals surface area contributed by atoms with Crippen molar-refractivity contribution in [1.82, 2.24) is 4.57 Å². The van der Waals surface area contributed by atoms with Gasteiger partial charge < -0.3 is 14.0 Å². The molecule has 0 aliphatic carbocycles. The molecule has 0 N–H and O–H groups in total. The van der Waals surface area contributed by atoms with Gasteiger partial charge in [-0.25, -0.2) is 0 Å². The van der Waals surface area contributed by atoms with E-state index in [-0.39, 0.29) is 17.9 Å². The Morgan fingerprint density at radius 2 is 2.00 bits per heavy atom. The minimum absolute atomic E-state index is 0.0812. The van der Waals surface area contributed by atoms with E-state index in [1.54, 1.807) is 18.3 Å². The monoisotopic (exact) mass is 253 g/mol. The average molecular weight is 253 g/mol. The van der Waals surface area contributed by atoms with Crippen LogP contribution in [0.4, 0.5) is 0 Å². The van der Waals surface area contributed by atoms with Crippen LogP contribution in [0.3, 0.4) is 0 Å². The van der Waals surface area contributed by atoms with Crippen LogP contribution in [0, 0.1) is 0 Å². The predicted octanol–water partition coefficient (Wildman–Crippen LogP) is 1.59. The standard InChI is InChI=1S/C13H19NO4/c1-3-8-17-11-6-5-7-14(13(11)16)10-12(15)18-9-4-2/h5-7H,3-4,8-10H2,1-2H3. The molecule has 5 nitrogen and oxygen atoms in total. The summed E-state index contributed by atoms with van der Waals surface area (Å²) in [5, 5.41) is 0. The molecule has 5 heteroatoms. The van der Waals surface area contributed by atoms with Crippen LogP contribution in [0.15, 0.2) is 23.1 Å². The molecule has 1 aromatic heterocycles. The van der Waals surface area contributed by atoms with E-state index in [4.69, 9.17) is 9.47 Å². The Labute approximate surface area is 106 Å². The van der Waals surface area contributed by atoms with Crippen molar-refractivity contribution in [2.75, 3.05) is 13.2 Å². The number of aromatic nitrogens is 1. The summed E-state index contributed by atoms with van der Waals surface area (Å²) < 4.78 is 11.5. The molecule has 100 valence electrons. The van der Waals surface area contributed by atoms with E-state index in [0.717, 1.165) is 12.8 Å². The smallest absolute Gasteiger partial charge is 0.326 e. The second kappa shape index (κ2) is 7.53. The van der Waals surface area contributed by atoms with Gasteiger partial charge in [0.2, 0.25) is 0 Å². The fourth-order valence-corrected chi connectivity index (χ4v) is 1.36. The molecule has 0 saturated heterocycles. The SMILES string of the molecule is CCCOC(=O)Cn1cccc(OCCC)c1=O. The zero-order valence-corrected chi connectivity index (χ0v) is 10.8. The van der Waals surface area contributed by atoms with E-state index in [9.17, 15) is 9.59 Å². The van der Waals surface area contributed by atoms with Crippen molar-refractivity contribution < 1.29 is 14.3 Å². The van der Waals surface area contributed by atoms with Crippen molar-refractivity contribution in [3.63, 3.8) is 0 Å². The molecule has 0 aromatic carbocycles. The molecule has 1 heterocycles. The van der Waals surface area contributed by atoms with Crippen LogP contribution < -0.4 is 10.3 Å². The molecule has 0 bridgehead atoms. The molecule has 0 aliphatic heterocycles. The van der Waals surface area contributed by atoms with Crippen molar-refractivity contribution in [1.29, 1.82) is 0 Å². The molecule has 0 spiro atoms. The summed E-state index contributed by atoms with van der Waals surface area (Å²) >= 11 is 0. The summed E-state index contributed by atoms with van der Waals surface area (Å²) in [6.07, 6.45) is 3.14. The first-order valence-electron chi connectivity index (χ1n) is 6.16. The molecule has 0 fully saturated rings. The molecular weight excluding hydrogens is 234 g/mol. The fraction of sp³-hybridized carbons (Fsp3) is 0.538. The van der Waals surface area contributed by atoms with E-state index >= 15 is 0 Å². The van der Waals surface area contributed by atoms with Gasteiger partial charge in [0.05, 0.1) is 13.2 Å². The number of hydrogen-bond acceptors (Lipinski definition) is 4. The summed E-state index contributed by atoms with van der Waals surface area (Å²) in [4.78, 5) is 23.3. The molecular formula is C13H19NO4. The lowest BCUT2D eigenvalue weighted by Crippen LogP contribution is -2.26. The number of nitrogens with zero attached hydrogens (tertiary/aromatic N) is 1. The van der Waals surface area contributed by atoms with E-state index in [2.05, 4.69) is 0 Å². The highest BCUT2D eigenvalue weighted by Crippen LogP contribution is 2.02. The van der Waals surface area contributed by atoms with Crippen molar-refractivity contribution in [2.24, 2.45) is 0 Å². The summed E-state index contributed by atoms with van der Waals surface area (Å²) in [6.45, 7) is 4.66. The molecule has 1 rings (SSSR count). The summed E-state index contributed by atoms with van der Waals surface area (Å²) in [5.74, 6) is -0.144. The first kappa shape index (κ1) is 14.3. The van der Waals surface area contributed by atoms with Crippen molar-refractivity contribution in [3.05, 3.63) is 28.7 Å². The van der Waals surface area contributed by atoms with Gasteiger partial charge in [-0.15, -0.1) is 0 Å². The number of esters is 1. The lowest BCUT2D eigenvalue weighted by atomic mass is 10.4. The van der Waals surface area contributed by atoms with E-state index in [1.165, 1.54) is 4.57 Å². The lowest BCUT2D eigenvalue weighted by molar-refractivity contribution is -0.144. The van der Waals surface area contributed by atoms with Gasteiger partial charge in [-0.05, 0) is 25.0 Å². The molecule has 0 unspecified atom stereocenters. The van der Waals surface area contributed by atoms with Crippen molar-refractivity contribution in [2.45, 2.75) is 33.2 Å². The lowest BCUT2D eigenvalue weighted by Gasteiger charge is -2.08. The van der Waals surface area contributed by atoms with Crippen molar-refractivity contribution >= 4 is 5.97 Å². The van der Waals surface area contributed by atoms with Gasteiger partial charge in [-0.2, -0.15) is 0 Å². The summed E-state index contributed by atoms with van der Waals surface area (Å²) in [6, 6.07) is 3.28. The van der Waals surface area contributed by atoms with Crippen LogP contribution in [-0.4, -0.2) is 23.8 Å². The molecule has 1 aromatic rings. The third-order valence-electron chi connectivity index (χ3n) is 2.21. The molecule has 0 saturated carbocycles. The Morgan fingerprint density at radius 1 is 1.28 bits per heavy atom. The van der Waals surface area contributed by atoms with E-state index < -0.39 is 5.97 Å². The number of hydrogen-bond donors (Lipinski definition) is 0. The van der Waals surface area contributed by atoms with Gasteiger partial charge in [0.25, 0.3) is 5.56 Å². The second-order valence-electron chi connectivity index (χ2n) is 3.87. The zero-order chi connectivity index (χ0) is 13.4. The fourth-order valence-electron chi connectivity index (χ4n) is 1.36. The Balaban J connectivity index is 2.71. The van der Waals surface area contributed by atoms with Crippen LogP contribution in [0.2, 0.25) is 0 Å². The minimum Gasteiger partial charge on any atom is -0.488 e. The van der Waals surface area contributed by atoms with E-state index in [0.29, 0.717) is 13.2 Å². The van der Waals surface area contributed by atoms with Gasteiger partial charge in [0.1, 0.15) is 6.54 Å². The third kappa shape index (κ3) is 4.24. The molecule has 0 aliphatic rings. The van der Waals surface area contributed by atoms with Gasteiger partial charge in [0.15, 0.2) is 5.75 Å². The number of carbonyl (C=O) groups excluding carboxylic acids is 1. The first-order chi connectivity index (χ1) is 8.69. The van der Waals surface area contributed by atoms with Crippen LogP contribution in [0.25, 0.3) is 0 Å². The number of ether oxygens (including phenoxy) is 2. The largest absolute Gasteiger partial charge is 0.488 e. The first-order valence-corrected chi connectivity index (χ1v) is 6.16. The maximum Gasteiger partial charge on any atom is 0.326 e. The zero-order valence-electron chi connectivity index (χ0n) is 10.8. The highest BCUT2D eigenvalue weighted by molar-refractivity contribution is 5.69. The predicted molar refractivity (Wildman–Crippen MR) is 67.7 cm³/mol. The Kier molecular flexibility index (Phi) is 5.97. The normalized spacial score (nSPS) is 10.1. The van der Waals surface area contributed by atoms with E-state index in [1.807, 2.05) is 13.8 Å². The quantitative estimate of drug-likeness (QED) is 0.692. The molecule has 0 amide bonds. The highest BCUT2D eigenvalue weighted by Gasteiger charge is 2.08. The number of pyridine rings is 1.